The molecule has 0 unspecified atom stereocenters. The second kappa shape index (κ2) is 12.8. The average molecular weight is 532 g/mol. The normalized spacial score (nSPS) is 13.5. The summed E-state index contributed by atoms with van der Waals surface area (Å²) in [5, 5.41) is 2.86. The number of hydrogen-bond donors (Lipinski definition) is 1. The van der Waals surface area contributed by atoms with Crippen LogP contribution in [0.3, 0.4) is 0 Å². The summed E-state index contributed by atoms with van der Waals surface area (Å²) in [6, 6.07) is 12.2. The molecule has 2 aromatic carbocycles. The molecule has 37 heavy (non-hydrogen) atoms. The van der Waals surface area contributed by atoms with E-state index in [1.807, 2.05) is 38.1 Å². The highest BCUT2D eigenvalue weighted by Crippen LogP contribution is 2.34. The van der Waals surface area contributed by atoms with Gasteiger partial charge in [-0.2, -0.15) is 0 Å². The number of anilines is 1. The molecule has 2 amide bonds. The minimum atomic E-state index is -3.61. The van der Waals surface area contributed by atoms with E-state index in [1.54, 1.807) is 30.0 Å². The molecule has 0 saturated heterocycles. The topological polar surface area (TPSA) is 105 Å². The van der Waals surface area contributed by atoms with Crippen molar-refractivity contribution in [3.63, 3.8) is 0 Å². The number of carbonyl (C=O) groups is 2. The second-order valence-corrected chi connectivity index (χ2v) is 11.1. The van der Waals surface area contributed by atoms with Crippen molar-refractivity contribution in [1.29, 1.82) is 0 Å². The number of nitrogens with zero attached hydrogens (tertiary/aromatic N) is 2. The van der Waals surface area contributed by atoms with Crippen LogP contribution in [0, 0.1) is 6.92 Å². The summed E-state index contributed by atoms with van der Waals surface area (Å²) in [5.41, 5.74) is 2.47. The third-order valence-electron chi connectivity index (χ3n) is 6.16. The lowest BCUT2D eigenvalue weighted by molar-refractivity contribution is -0.140. The molecule has 202 valence electrons. The molecule has 0 bridgehead atoms. The fourth-order valence-electron chi connectivity index (χ4n) is 4.06. The zero-order valence-corrected chi connectivity index (χ0v) is 22.8. The first-order chi connectivity index (χ1) is 17.6. The Hall–Kier alpha value is -3.27. The molecule has 1 aliphatic rings. The van der Waals surface area contributed by atoms with Gasteiger partial charge in [0.25, 0.3) is 0 Å². The van der Waals surface area contributed by atoms with Gasteiger partial charge in [-0.25, -0.2) is 8.42 Å². The summed E-state index contributed by atoms with van der Waals surface area (Å²) in [5.74, 6) is 0.636. The Bertz CT molecular complexity index is 1180. The SMILES string of the molecule is CCCNC(=O)[C@@H](C)N(Cc1ccc(C)cc1)C(=O)CCCN(c1ccc2c(c1)OCCO2)S(C)(=O)=O. The lowest BCUT2D eigenvalue weighted by Crippen LogP contribution is -2.47. The second-order valence-electron chi connectivity index (χ2n) is 9.24. The van der Waals surface area contributed by atoms with Gasteiger partial charge in [-0.05, 0) is 44.4 Å². The van der Waals surface area contributed by atoms with Crippen LogP contribution in [0.15, 0.2) is 42.5 Å². The summed E-state index contributed by atoms with van der Waals surface area (Å²) in [6.45, 7) is 7.45. The Labute approximate surface area is 219 Å². The largest absolute Gasteiger partial charge is 0.486 e. The monoisotopic (exact) mass is 531 g/mol. The molecule has 0 aromatic heterocycles. The van der Waals surface area contributed by atoms with Crippen LogP contribution in [0.4, 0.5) is 5.69 Å². The molecule has 1 atom stereocenters. The van der Waals surface area contributed by atoms with E-state index in [0.717, 1.165) is 23.8 Å². The fourth-order valence-corrected chi connectivity index (χ4v) is 5.02. The van der Waals surface area contributed by atoms with Gasteiger partial charge in [0, 0.05) is 32.1 Å². The van der Waals surface area contributed by atoms with Crippen LogP contribution >= 0.6 is 0 Å². The maximum absolute atomic E-state index is 13.3. The van der Waals surface area contributed by atoms with E-state index < -0.39 is 16.1 Å². The Kier molecular flexibility index (Phi) is 9.79. The maximum atomic E-state index is 13.3. The smallest absolute Gasteiger partial charge is 0.242 e. The lowest BCUT2D eigenvalue weighted by Gasteiger charge is -2.29. The van der Waals surface area contributed by atoms with Crippen molar-refractivity contribution in [2.45, 2.75) is 52.6 Å². The molecule has 0 saturated carbocycles. The number of rotatable bonds is 12. The molecule has 0 spiro atoms. The highest BCUT2D eigenvalue weighted by Gasteiger charge is 2.27. The molecule has 1 N–H and O–H groups in total. The van der Waals surface area contributed by atoms with Crippen molar-refractivity contribution in [3.8, 4) is 11.5 Å². The van der Waals surface area contributed by atoms with Gasteiger partial charge in [0.05, 0.1) is 11.9 Å². The van der Waals surface area contributed by atoms with E-state index in [9.17, 15) is 18.0 Å². The maximum Gasteiger partial charge on any atom is 0.242 e. The van der Waals surface area contributed by atoms with E-state index >= 15 is 0 Å². The zero-order chi connectivity index (χ0) is 27.0. The number of ether oxygens (including phenoxy) is 2. The number of nitrogens with one attached hydrogen (secondary N) is 1. The molecule has 1 heterocycles. The van der Waals surface area contributed by atoms with Gasteiger partial charge in [-0.3, -0.25) is 13.9 Å². The summed E-state index contributed by atoms with van der Waals surface area (Å²) < 4.78 is 37.6. The predicted molar refractivity (Wildman–Crippen MR) is 143 cm³/mol. The molecule has 0 aliphatic carbocycles. The highest BCUT2D eigenvalue weighted by atomic mass is 32.2. The molecule has 0 radical (unpaired) electrons. The molecular formula is C27H37N3O6S. The van der Waals surface area contributed by atoms with E-state index in [4.69, 9.17) is 9.47 Å². The summed E-state index contributed by atoms with van der Waals surface area (Å²) in [6.07, 6.45) is 2.31. The molecule has 2 aromatic rings. The van der Waals surface area contributed by atoms with Gasteiger partial charge in [-0.1, -0.05) is 36.8 Å². The van der Waals surface area contributed by atoms with Crippen LogP contribution in [0.2, 0.25) is 0 Å². The molecule has 0 fully saturated rings. The number of carbonyl (C=O) groups excluding carboxylic acids is 2. The Morgan fingerprint density at radius 1 is 1.05 bits per heavy atom. The highest BCUT2D eigenvalue weighted by molar-refractivity contribution is 7.92. The van der Waals surface area contributed by atoms with Gasteiger partial charge >= 0.3 is 0 Å². The van der Waals surface area contributed by atoms with Crippen LogP contribution in [-0.2, 0) is 26.2 Å². The van der Waals surface area contributed by atoms with Crippen LogP contribution < -0.4 is 19.1 Å². The standard InChI is InChI=1S/C27H37N3O6S/c1-5-14-28-27(32)21(3)29(19-22-10-8-20(2)9-11-22)26(31)7-6-15-30(37(4,33)34)23-12-13-24-25(18-23)36-17-16-35-24/h8-13,18,21H,5-7,14-17,19H2,1-4H3,(H,28,32)/t21-/m1/s1. The minimum absolute atomic E-state index is 0.0911. The van der Waals surface area contributed by atoms with E-state index in [0.29, 0.717) is 36.9 Å². The minimum Gasteiger partial charge on any atom is -0.486 e. The van der Waals surface area contributed by atoms with Crippen molar-refractivity contribution in [3.05, 3.63) is 53.6 Å². The molecular weight excluding hydrogens is 494 g/mol. The average Bonchev–Trinajstić information content (AvgIpc) is 2.87. The van der Waals surface area contributed by atoms with E-state index in [1.165, 1.54) is 4.31 Å². The van der Waals surface area contributed by atoms with Crippen LogP contribution in [0.5, 0.6) is 11.5 Å². The number of aryl methyl sites for hydroxylation is 1. The number of fused-ring (bicyclic) bond motifs is 1. The van der Waals surface area contributed by atoms with Crippen molar-refractivity contribution < 1.29 is 27.5 Å². The third kappa shape index (κ3) is 7.85. The first-order valence-corrected chi connectivity index (χ1v) is 14.4. The molecule has 10 heteroatoms. The van der Waals surface area contributed by atoms with Crippen LogP contribution in [0.25, 0.3) is 0 Å². The summed E-state index contributed by atoms with van der Waals surface area (Å²) >= 11 is 0. The first-order valence-electron chi connectivity index (χ1n) is 12.6. The number of amides is 2. The molecule has 3 rings (SSSR count). The Morgan fingerprint density at radius 3 is 2.38 bits per heavy atom. The third-order valence-corrected chi connectivity index (χ3v) is 7.35. The number of hydrogen-bond acceptors (Lipinski definition) is 6. The first kappa shape index (κ1) is 28.3. The predicted octanol–water partition coefficient (Wildman–Crippen LogP) is 3.26. The van der Waals surface area contributed by atoms with Gasteiger partial charge in [-0.15, -0.1) is 0 Å². The Morgan fingerprint density at radius 2 is 1.73 bits per heavy atom. The zero-order valence-electron chi connectivity index (χ0n) is 22.0. The van der Waals surface area contributed by atoms with Crippen molar-refractivity contribution >= 4 is 27.5 Å². The van der Waals surface area contributed by atoms with E-state index in [-0.39, 0.29) is 37.7 Å². The van der Waals surface area contributed by atoms with Crippen LogP contribution in [-0.4, -0.2) is 63.7 Å². The van der Waals surface area contributed by atoms with Crippen LogP contribution in [0.1, 0.15) is 44.2 Å². The van der Waals surface area contributed by atoms with E-state index in [2.05, 4.69) is 5.32 Å². The van der Waals surface area contributed by atoms with Gasteiger partial charge in [0.15, 0.2) is 11.5 Å². The molecule has 1 aliphatic heterocycles. The van der Waals surface area contributed by atoms with Crippen molar-refractivity contribution in [2.75, 3.05) is 36.9 Å². The van der Waals surface area contributed by atoms with Crippen molar-refractivity contribution in [2.24, 2.45) is 0 Å². The summed E-state index contributed by atoms with van der Waals surface area (Å²) in [7, 11) is -3.61. The molecule has 9 nitrogen and oxygen atoms in total. The summed E-state index contributed by atoms with van der Waals surface area (Å²) in [4.78, 5) is 27.6. The quantitative estimate of drug-likeness (QED) is 0.451. The van der Waals surface area contributed by atoms with Gasteiger partial charge < -0.3 is 19.7 Å². The van der Waals surface area contributed by atoms with Gasteiger partial charge in [0.1, 0.15) is 19.3 Å². The van der Waals surface area contributed by atoms with Gasteiger partial charge in [0.2, 0.25) is 21.8 Å². The Balaban J connectivity index is 1.72. The fraction of sp³-hybridized carbons (Fsp3) is 0.481. The van der Waals surface area contributed by atoms with Crippen molar-refractivity contribution in [1.82, 2.24) is 10.2 Å². The number of benzene rings is 2. The lowest BCUT2D eigenvalue weighted by atomic mass is 10.1. The number of sulfonamides is 1.